The number of hydrogen-bond donors (Lipinski definition) is 2. The summed E-state index contributed by atoms with van der Waals surface area (Å²) in [4.78, 5) is 12.1. The van der Waals surface area contributed by atoms with Crippen LogP contribution in [0.4, 0.5) is 11.5 Å². The van der Waals surface area contributed by atoms with Gasteiger partial charge in [0.15, 0.2) is 11.6 Å². The molecule has 0 amide bonds. The first-order valence-electron chi connectivity index (χ1n) is 4.06. The summed E-state index contributed by atoms with van der Waals surface area (Å²) in [6, 6.07) is 3.67. The lowest BCUT2D eigenvalue weighted by atomic mass is 10.2. The van der Waals surface area contributed by atoms with Gasteiger partial charge < -0.3 is 11.5 Å². The zero-order chi connectivity index (χ0) is 9.97. The van der Waals surface area contributed by atoms with E-state index in [4.69, 9.17) is 11.5 Å². The van der Waals surface area contributed by atoms with Crippen molar-refractivity contribution in [2.45, 2.75) is 0 Å². The minimum absolute atomic E-state index is 0.291. The van der Waals surface area contributed by atoms with Crippen LogP contribution in [0.2, 0.25) is 0 Å². The highest BCUT2D eigenvalue weighted by atomic mass is 15.0. The van der Waals surface area contributed by atoms with Crippen LogP contribution in [0.5, 0.6) is 0 Å². The molecule has 2 aromatic heterocycles. The predicted molar refractivity (Wildman–Crippen MR) is 54.1 cm³/mol. The molecule has 0 saturated heterocycles. The van der Waals surface area contributed by atoms with Gasteiger partial charge in [0.2, 0.25) is 0 Å². The molecule has 0 saturated carbocycles. The Morgan fingerprint density at radius 1 is 1.14 bits per heavy atom. The van der Waals surface area contributed by atoms with Gasteiger partial charge in [0.1, 0.15) is 0 Å². The fourth-order valence-electron chi connectivity index (χ4n) is 1.04. The summed E-state index contributed by atoms with van der Waals surface area (Å²) in [5, 5.41) is 0. The molecule has 0 bridgehead atoms. The Bertz CT molecular complexity index is 440. The minimum atomic E-state index is 0.291. The molecule has 0 radical (unpaired) electrons. The molecule has 5 nitrogen and oxygen atoms in total. The van der Waals surface area contributed by atoms with Crippen molar-refractivity contribution in [2.24, 2.45) is 0 Å². The second-order valence-corrected chi connectivity index (χ2v) is 2.78. The molecule has 70 valence electrons. The summed E-state index contributed by atoms with van der Waals surface area (Å²) >= 11 is 0. The van der Waals surface area contributed by atoms with Gasteiger partial charge in [0, 0.05) is 18.0 Å². The van der Waals surface area contributed by atoms with Crippen LogP contribution in [0.3, 0.4) is 0 Å². The molecule has 0 aromatic carbocycles. The van der Waals surface area contributed by atoms with Crippen molar-refractivity contribution in [3.8, 4) is 11.4 Å². The van der Waals surface area contributed by atoms with Crippen molar-refractivity contribution in [3.05, 3.63) is 30.7 Å². The zero-order valence-corrected chi connectivity index (χ0v) is 7.38. The molecule has 0 spiro atoms. The van der Waals surface area contributed by atoms with E-state index in [1.165, 1.54) is 6.20 Å². The number of hydrogen-bond acceptors (Lipinski definition) is 5. The van der Waals surface area contributed by atoms with Gasteiger partial charge in [0.05, 0.1) is 11.9 Å². The lowest BCUT2D eigenvalue weighted by molar-refractivity contribution is 1.17. The lowest BCUT2D eigenvalue weighted by Crippen LogP contribution is -2.00. The maximum Gasteiger partial charge on any atom is 0.163 e. The highest BCUT2D eigenvalue weighted by molar-refractivity contribution is 5.62. The summed E-state index contributed by atoms with van der Waals surface area (Å²) in [6.45, 7) is 0. The molecule has 2 heterocycles. The van der Waals surface area contributed by atoms with E-state index in [1.54, 1.807) is 12.4 Å². The average Bonchev–Trinajstić information content (AvgIpc) is 2.23. The Balaban J connectivity index is 2.48. The Labute approximate surface area is 80.8 Å². The third-order valence-electron chi connectivity index (χ3n) is 1.77. The maximum absolute atomic E-state index is 5.56. The molecule has 0 aliphatic heterocycles. The summed E-state index contributed by atoms with van der Waals surface area (Å²) < 4.78 is 0. The molecule has 0 aliphatic carbocycles. The third kappa shape index (κ3) is 1.47. The van der Waals surface area contributed by atoms with Crippen LogP contribution in [0, 0.1) is 0 Å². The highest BCUT2D eigenvalue weighted by Crippen LogP contribution is 2.16. The van der Waals surface area contributed by atoms with Crippen molar-refractivity contribution in [3.63, 3.8) is 0 Å². The van der Waals surface area contributed by atoms with Gasteiger partial charge in [-0.05, 0) is 12.1 Å². The number of anilines is 2. The van der Waals surface area contributed by atoms with E-state index in [0.29, 0.717) is 17.3 Å². The monoisotopic (exact) mass is 187 g/mol. The number of aromatic nitrogens is 3. The van der Waals surface area contributed by atoms with Crippen molar-refractivity contribution in [1.82, 2.24) is 15.0 Å². The Morgan fingerprint density at radius 3 is 2.64 bits per heavy atom. The molecule has 0 atom stereocenters. The van der Waals surface area contributed by atoms with Crippen molar-refractivity contribution in [2.75, 3.05) is 11.5 Å². The molecule has 0 unspecified atom stereocenters. The van der Waals surface area contributed by atoms with Gasteiger partial charge >= 0.3 is 0 Å². The van der Waals surface area contributed by atoms with Gasteiger partial charge in [-0.1, -0.05) is 0 Å². The van der Waals surface area contributed by atoms with Crippen molar-refractivity contribution < 1.29 is 0 Å². The summed E-state index contributed by atoms with van der Waals surface area (Å²) in [5.41, 5.74) is 12.3. The number of rotatable bonds is 1. The lowest BCUT2D eigenvalue weighted by Gasteiger charge is -2.01. The molecular weight excluding hydrogens is 178 g/mol. The van der Waals surface area contributed by atoms with Crippen LogP contribution in [0.15, 0.2) is 30.7 Å². The average molecular weight is 187 g/mol. The molecule has 4 N–H and O–H groups in total. The normalized spacial score (nSPS) is 10.0. The first kappa shape index (κ1) is 8.43. The largest absolute Gasteiger partial charge is 0.394 e. The Kier molecular flexibility index (Phi) is 1.98. The quantitative estimate of drug-likeness (QED) is 0.685. The van der Waals surface area contributed by atoms with Gasteiger partial charge in [-0.25, -0.2) is 9.97 Å². The molecule has 5 heteroatoms. The van der Waals surface area contributed by atoms with Gasteiger partial charge in [-0.2, -0.15) is 0 Å². The Hall–Kier alpha value is -2.17. The maximum atomic E-state index is 5.56. The van der Waals surface area contributed by atoms with Gasteiger partial charge in [-0.15, -0.1) is 0 Å². The van der Waals surface area contributed by atoms with E-state index in [-0.39, 0.29) is 0 Å². The summed E-state index contributed by atoms with van der Waals surface area (Å²) in [6.07, 6.45) is 4.85. The van der Waals surface area contributed by atoms with E-state index in [9.17, 15) is 0 Å². The van der Waals surface area contributed by atoms with Crippen LogP contribution in [-0.4, -0.2) is 15.0 Å². The first-order valence-corrected chi connectivity index (χ1v) is 4.06. The van der Waals surface area contributed by atoms with Crippen LogP contribution in [0.25, 0.3) is 11.4 Å². The van der Waals surface area contributed by atoms with Crippen LogP contribution < -0.4 is 11.5 Å². The predicted octanol–water partition coefficient (Wildman–Crippen LogP) is 0.703. The van der Waals surface area contributed by atoms with E-state index >= 15 is 0 Å². The number of nitrogen functional groups attached to an aromatic ring is 2. The topological polar surface area (TPSA) is 90.7 Å². The Morgan fingerprint density at radius 2 is 2.00 bits per heavy atom. The fraction of sp³-hybridized carbons (Fsp3) is 0. The van der Waals surface area contributed by atoms with Crippen LogP contribution in [0.1, 0.15) is 0 Å². The van der Waals surface area contributed by atoms with Crippen LogP contribution >= 0.6 is 0 Å². The van der Waals surface area contributed by atoms with E-state index in [0.717, 1.165) is 5.56 Å². The number of nitrogens with zero attached hydrogens (tertiary/aromatic N) is 3. The smallest absolute Gasteiger partial charge is 0.163 e. The van der Waals surface area contributed by atoms with Crippen molar-refractivity contribution in [1.29, 1.82) is 0 Å². The molecule has 0 fully saturated rings. The highest BCUT2D eigenvalue weighted by Gasteiger charge is 2.02. The minimum Gasteiger partial charge on any atom is -0.394 e. The van der Waals surface area contributed by atoms with Crippen molar-refractivity contribution >= 4 is 11.5 Å². The van der Waals surface area contributed by atoms with Crippen LogP contribution in [-0.2, 0) is 0 Å². The van der Waals surface area contributed by atoms with Gasteiger partial charge in [-0.3, -0.25) is 4.98 Å². The van der Waals surface area contributed by atoms with Gasteiger partial charge in [0.25, 0.3) is 0 Å². The number of pyridine rings is 1. The standard InChI is InChI=1S/C9H9N5/c10-7-5-13-9(14-8(7)11)6-2-1-3-12-4-6/h1-5H,10H2,(H2,11,13,14). The number of nitrogens with two attached hydrogens (primary N) is 2. The van der Waals surface area contributed by atoms with E-state index in [2.05, 4.69) is 15.0 Å². The fourth-order valence-corrected chi connectivity index (χ4v) is 1.04. The molecule has 2 rings (SSSR count). The van der Waals surface area contributed by atoms with E-state index < -0.39 is 0 Å². The first-order chi connectivity index (χ1) is 6.77. The summed E-state index contributed by atoms with van der Waals surface area (Å²) in [5.74, 6) is 0.823. The molecule has 2 aromatic rings. The summed E-state index contributed by atoms with van der Waals surface area (Å²) in [7, 11) is 0. The second kappa shape index (κ2) is 3.29. The molecule has 0 aliphatic rings. The zero-order valence-electron chi connectivity index (χ0n) is 7.38. The molecular formula is C9H9N5. The SMILES string of the molecule is Nc1cnc(-c2cccnc2)nc1N. The second-order valence-electron chi connectivity index (χ2n) is 2.78. The molecule has 14 heavy (non-hydrogen) atoms. The third-order valence-corrected chi connectivity index (χ3v) is 1.77. The van der Waals surface area contributed by atoms with E-state index in [1.807, 2.05) is 12.1 Å².